The number of aryl methyl sites for hydroxylation is 3. The number of nitrogens with zero attached hydrogens (tertiary/aromatic N) is 3. The van der Waals surface area contributed by atoms with Gasteiger partial charge in [-0.25, -0.2) is 9.50 Å². The summed E-state index contributed by atoms with van der Waals surface area (Å²) in [6.07, 6.45) is 3.14. The van der Waals surface area contributed by atoms with Gasteiger partial charge >= 0.3 is 0 Å². The van der Waals surface area contributed by atoms with Crippen molar-refractivity contribution in [3.05, 3.63) is 118 Å². The van der Waals surface area contributed by atoms with Crippen molar-refractivity contribution < 1.29 is 9.59 Å². The van der Waals surface area contributed by atoms with Crippen LogP contribution in [0.5, 0.6) is 0 Å². The molecule has 3 N–H and O–H groups in total. The first-order valence-corrected chi connectivity index (χ1v) is 13.2. The summed E-state index contributed by atoms with van der Waals surface area (Å²) < 4.78 is 1.65. The van der Waals surface area contributed by atoms with Gasteiger partial charge in [0.05, 0.1) is 11.6 Å². The second kappa shape index (κ2) is 11.2. The van der Waals surface area contributed by atoms with E-state index in [2.05, 4.69) is 26.0 Å². The monoisotopic (exact) mass is 552 g/mol. The second-order valence-electron chi connectivity index (χ2n) is 9.75. The van der Waals surface area contributed by atoms with Gasteiger partial charge in [-0.1, -0.05) is 54.1 Å². The first-order chi connectivity index (χ1) is 19.2. The molecule has 0 fully saturated rings. The zero-order chi connectivity index (χ0) is 28.4. The number of hydrogen-bond acceptors (Lipinski definition) is 5. The van der Waals surface area contributed by atoms with Crippen LogP contribution in [0, 0.1) is 20.8 Å². The normalized spacial score (nSPS) is 11.7. The third-order valence-corrected chi connectivity index (χ3v) is 7.31. The van der Waals surface area contributed by atoms with E-state index in [0.717, 1.165) is 27.9 Å². The number of carbonyl (C=O) groups is 2. The SMILES string of the molecule is Cc1ccc(C(=O)Nc2ccc(C)c(Nc3ncnn4cc(C(=O)N[C@@H](C)c5ccccc5)c(C)c34)c2)cc1Cl. The fraction of sp³-hybridized carbons (Fsp3) is 0.161. The molecule has 0 saturated carbocycles. The van der Waals surface area contributed by atoms with E-state index in [1.165, 1.54) is 6.33 Å². The highest BCUT2D eigenvalue weighted by atomic mass is 35.5. The van der Waals surface area contributed by atoms with E-state index < -0.39 is 0 Å². The minimum Gasteiger partial charge on any atom is -0.345 e. The number of aromatic nitrogens is 3. The van der Waals surface area contributed by atoms with Gasteiger partial charge < -0.3 is 16.0 Å². The number of amides is 2. The Bertz CT molecular complexity index is 1730. The van der Waals surface area contributed by atoms with Crippen LogP contribution < -0.4 is 16.0 Å². The first kappa shape index (κ1) is 26.9. The lowest BCUT2D eigenvalue weighted by Gasteiger charge is -2.14. The molecule has 1 atom stereocenters. The maximum Gasteiger partial charge on any atom is 0.255 e. The fourth-order valence-electron chi connectivity index (χ4n) is 4.48. The van der Waals surface area contributed by atoms with Crippen molar-refractivity contribution in [2.75, 3.05) is 10.6 Å². The smallest absolute Gasteiger partial charge is 0.255 e. The van der Waals surface area contributed by atoms with E-state index in [4.69, 9.17) is 11.6 Å². The average molecular weight is 553 g/mol. The van der Waals surface area contributed by atoms with Crippen molar-refractivity contribution in [3.8, 4) is 0 Å². The molecule has 2 aromatic heterocycles. The summed E-state index contributed by atoms with van der Waals surface area (Å²) in [5.41, 5.74) is 6.66. The Morgan fingerprint density at radius 2 is 1.68 bits per heavy atom. The van der Waals surface area contributed by atoms with Crippen molar-refractivity contribution in [3.63, 3.8) is 0 Å². The summed E-state index contributed by atoms with van der Waals surface area (Å²) in [5, 5.41) is 14.2. The lowest BCUT2D eigenvalue weighted by atomic mass is 10.1. The molecule has 3 aromatic carbocycles. The molecule has 2 heterocycles. The maximum atomic E-state index is 13.2. The van der Waals surface area contributed by atoms with Crippen LogP contribution in [0.4, 0.5) is 17.2 Å². The van der Waals surface area contributed by atoms with Gasteiger partial charge in [-0.3, -0.25) is 9.59 Å². The van der Waals surface area contributed by atoms with Gasteiger partial charge in [0.15, 0.2) is 5.82 Å². The number of carbonyl (C=O) groups excluding carboxylic acids is 2. The van der Waals surface area contributed by atoms with Gasteiger partial charge in [-0.15, -0.1) is 0 Å². The van der Waals surface area contributed by atoms with E-state index in [9.17, 15) is 9.59 Å². The Balaban J connectivity index is 1.39. The molecule has 8 nitrogen and oxygen atoms in total. The summed E-state index contributed by atoms with van der Waals surface area (Å²) in [6.45, 7) is 7.68. The van der Waals surface area contributed by atoms with Crippen LogP contribution in [0.2, 0.25) is 5.02 Å². The second-order valence-corrected chi connectivity index (χ2v) is 10.2. The van der Waals surface area contributed by atoms with Gasteiger partial charge in [0, 0.05) is 28.2 Å². The van der Waals surface area contributed by atoms with E-state index >= 15 is 0 Å². The van der Waals surface area contributed by atoms with Gasteiger partial charge in [0.2, 0.25) is 0 Å². The Labute approximate surface area is 237 Å². The van der Waals surface area contributed by atoms with Crippen molar-refractivity contribution in [2.24, 2.45) is 0 Å². The number of rotatable bonds is 7. The predicted octanol–water partition coefficient (Wildman–Crippen LogP) is 6.79. The molecule has 40 heavy (non-hydrogen) atoms. The van der Waals surface area contributed by atoms with Crippen LogP contribution in [0.3, 0.4) is 0 Å². The van der Waals surface area contributed by atoms with E-state index in [1.54, 1.807) is 22.8 Å². The summed E-state index contributed by atoms with van der Waals surface area (Å²) >= 11 is 6.20. The third kappa shape index (κ3) is 5.53. The highest BCUT2D eigenvalue weighted by Crippen LogP contribution is 2.29. The number of halogens is 1. The Morgan fingerprint density at radius 1 is 0.925 bits per heavy atom. The minimum atomic E-state index is -0.260. The quantitative estimate of drug-likeness (QED) is 0.206. The van der Waals surface area contributed by atoms with Gasteiger partial charge in [0.1, 0.15) is 11.8 Å². The van der Waals surface area contributed by atoms with E-state index in [0.29, 0.717) is 33.2 Å². The number of benzene rings is 3. The maximum absolute atomic E-state index is 13.2. The van der Waals surface area contributed by atoms with Gasteiger partial charge in [0.25, 0.3) is 11.8 Å². The standard InChI is InChI=1S/C31H29ClN6O2/c1-18-10-12-23(14-26(18)32)30(39)36-24-13-11-19(2)27(15-24)37-29-28-20(3)25(16-38(28)34-17-33-29)31(40)35-21(4)22-8-6-5-7-9-22/h5-17,21H,1-4H3,(H,35,40)(H,36,39)(H,33,34,37)/t21-/m0/s1. The van der Waals surface area contributed by atoms with Crippen LogP contribution in [-0.4, -0.2) is 26.4 Å². The van der Waals surface area contributed by atoms with Crippen molar-refractivity contribution >= 4 is 46.1 Å². The van der Waals surface area contributed by atoms with Crippen LogP contribution in [0.15, 0.2) is 79.3 Å². The third-order valence-electron chi connectivity index (χ3n) is 6.90. The number of fused-ring (bicyclic) bond motifs is 1. The molecular weight excluding hydrogens is 524 g/mol. The van der Waals surface area contributed by atoms with Crippen LogP contribution in [-0.2, 0) is 0 Å². The van der Waals surface area contributed by atoms with Crippen molar-refractivity contribution in [1.82, 2.24) is 19.9 Å². The Hall–Kier alpha value is -4.69. The fourth-order valence-corrected chi connectivity index (χ4v) is 4.66. The summed E-state index contributed by atoms with van der Waals surface area (Å²) in [4.78, 5) is 30.5. The molecular formula is C31H29ClN6O2. The summed E-state index contributed by atoms with van der Waals surface area (Å²) in [5.74, 6) is 0.0888. The molecule has 9 heteroatoms. The lowest BCUT2D eigenvalue weighted by Crippen LogP contribution is -2.26. The topological polar surface area (TPSA) is 100 Å². The molecule has 0 saturated heterocycles. The van der Waals surface area contributed by atoms with E-state index in [1.807, 2.05) is 82.3 Å². The molecule has 5 rings (SSSR count). The molecule has 0 aliphatic heterocycles. The first-order valence-electron chi connectivity index (χ1n) is 12.8. The van der Waals surface area contributed by atoms with Crippen LogP contribution in [0.1, 0.15) is 55.9 Å². The largest absolute Gasteiger partial charge is 0.345 e. The van der Waals surface area contributed by atoms with Crippen LogP contribution >= 0.6 is 11.6 Å². The molecule has 0 spiro atoms. The highest BCUT2D eigenvalue weighted by Gasteiger charge is 2.20. The molecule has 0 aliphatic carbocycles. The Kier molecular flexibility index (Phi) is 7.53. The predicted molar refractivity (Wildman–Crippen MR) is 159 cm³/mol. The molecule has 0 unspecified atom stereocenters. The molecule has 5 aromatic rings. The van der Waals surface area contributed by atoms with Crippen molar-refractivity contribution in [1.29, 1.82) is 0 Å². The molecule has 2 amide bonds. The van der Waals surface area contributed by atoms with Crippen molar-refractivity contribution in [2.45, 2.75) is 33.7 Å². The zero-order valence-corrected chi connectivity index (χ0v) is 23.4. The zero-order valence-electron chi connectivity index (χ0n) is 22.6. The lowest BCUT2D eigenvalue weighted by molar-refractivity contribution is 0.0938. The van der Waals surface area contributed by atoms with Crippen LogP contribution in [0.25, 0.3) is 5.52 Å². The summed E-state index contributed by atoms with van der Waals surface area (Å²) in [7, 11) is 0. The molecule has 0 aliphatic rings. The van der Waals surface area contributed by atoms with Gasteiger partial charge in [-0.05, 0) is 74.2 Å². The average Bonchev–Trinajstić information content (AvgIpc) is 3.29. The number of nitrogens with one attached hydrogen (secondary N) is 3. The Morgan fingerprint density at radius 3 is 2.42 bits per heavy atom. The summed E-state index contributed by atoms with van der Waals surface area (Å²) in [6, 6.07) is 20.5. The number of hydrogen-bond donors (Lipinski definition) is 3. The van der Waals surface area contributed by atoms with Gasteiger partial charge in [-0.2, -0.15) is 5.10 Å². The number of anilines is 3. The minimum absolute atomic E-state index is 0.156. The molecule has 202 valence electrons. The van der Waals surface area contributed by atoms with E-state index in [-0.39, 0.29) is 17.9 Å². The molecule has 0 bridgehead atoms. The molecule has 0 radical (unpaired) electrons. The highest BCUT2D eigenvalue weighted by molar-refractivity contribution is 6.31.